The first kappa shape index (κ1) is 11.1. The van der Waals surface area contributed by atoms with Crippen LogP contribution in [0, 0.1) is 6.42 Å². The van der Waals surface area contributed by atoms with E-state index in [1.807, 2.05) is 36.4 Å². The van der Waals surface area contributed by atoms with Gasteiger partial charge in [-0.1, -0.05) is 30.3 Å². The van der Waals surface area contributed by atoms with Crippen molar-refractivity contribution < 1.29 is 9.59 Å². The van der Waals surface area contributed by atoms with Gasteiger partial charge in [0.25, 0.3) is 0 Å². The van der Waals surface area contributed by atoms with E-state index in [-0.39, 0.29) is 0 Å². The molecule has 0 aliphatic carbocycles. The number of fused-ring (bicyclic) bond motifs is 1. The summed E-state index contributed by atoms with van der Waals surface area (Å²) in [4.78, 5) is 21.8. The summed E-state index contributed by atoms with van der Waals surface area (Å²) in [6.45, 7) is 0. The van der Waals surface area contributed by atoms with Crippen LogP contribution in [0.3, 0.4) is 0 Å². The molecule has 0 saturated carbocycles. The normalized spacial score (nSPS) is 10.1. The van der Waals surface area contributed by atoms with E-state index < -0.39 is 11.8 Å². The fourth-order valence-electron chi connectivity index (χ4n) is 1.57. The number of anilines is 1. The van der Waals surface area contributed by atoms with Crippen LogP contribution in [-0.4, -0.2) is 11.8 Å². The van der Waals surface area contributed by atoms with Gasteiger partial charge >= 0.3 is 0 Å². The van der Waals surface area contributed by atoms with Crippen molar-refractivity contribution in [1.82, 2.24) is 0 Å². The lowest BCUT2D eigenvalue weighted by Crippen LogP contribution is -2.22. The van der Waals surface area contributed by atoms with Crippen LogP contribution < -0.4 is 11.1 Å². The van der Waals surface area contributed by atoms with Gasteiger partial charge in [-0.2, -0.15) is 0 Å². The van der Waals surface area contributed by atoms with Crippen molar-refractivity contribution in [2.24, 2.45) is 5.73 Å². The van der Waals surface area contributed by atoms with Crippen molar-refractivity contribution >= 4 is 28.3 Å². The number of benzene rings is 2. The Hall–Kier alpha value is -2.36. The molecule has 0 aromatic heterocycles. The second kappa shape index (κ2) is 4.65. The van der Waals surface area contributed by atoms with Crippen molar-refractivity contribution in [2.45, 2.75) is 0 Å². The summed E-state index contributed by atoms with van der Waals surface area (Å²) in [6, 6.07) is 13.3. The average Bonchev–Trinajstić information content (AvgIpc) is 2.27. The van der Waals surface area contributed by atoms with Gasteiger partial charge in [-0.05, 0) is 22.9 Å². The van der Waals surface area contributed by atoms with Gasteiger partial charge < -0.3 is 11.1 Å². The van der Waals surface area contributed by atoms with E-state index >= 15 is 0 Å². The maximum absolute atomic E-state index is 11.3. The lowest BCUT2D eigenvalue weighted by molar-refractivity contribution is -0.120. The van der Waals surface area contributed by atoms with Gasteiger partial charge in [0.2, 0.25) is 11.8 Å². The Kier molecular flexibility index (Phi) is 3.05. The number of hydrogen-bond acceptors (Lipinski definition) is 2. The Labute approximate surface area is 98.4 Å². The molecule has 17 heavy (non-hydrogen) atoms. The van der Waals surface area contributed by atoms with E-state index in [2.05, 4.69) is 5.32 Å². The molecule has 0 aliphatic heterocycles. The topological polar surface area (TPSA) is 72.2 Å². The molecule has 2 rings (SSSR count). The zero-order valence-electron chi connectivity index (χ0n) is 9.01. The number of nitrogens with two attached hydrogens (primary N) is 1. The number of nitrogens with one attached hydrogen (secondary N) is 1. The number of hydrogen-bond donors (Lipinski definition) is 2. The highest BCUT2D eigenvalue weighted by molar-refractivity contribution is 6.13. The van der Waals surface area contributed by atoms with Crippen LogP contribution in [0.25, 0.3) is 10.8 Å². The van der Waals surface area contributed by atoms with Crippen LogP contribution in [0.4, 0.5) is 5.69 Å². The van der Waals surface area contributed by atoms with Gasteiger partial charge in [-0.25, -0.2) is 0 Å². The SMILES string of the molecule is NC(=O)[CH]C(=O)Nc1ccc2ccccc2c1. The first-order valence-electron chi connectivity index (χ1n) is 5.09. The molecule has 4 nitrogen and oxygen atoms in total. The van der Waals surface area contributed by atoms with Gasteiger partial charge in [0, 0.05) is 5.69 Å². The monoisotopic (exact) mass is 227 g/mol. The first-order chi connectivity index (χ1) is 8.15. The van der Waals surface area contributed by atoms with Gasteiger partial charge in [-0.3, -0.25) is 9.59 Å². The molecule has 0 atom stereocenters. The van der Waals surface area contributed by atoms with E-state index in [1.54, 1.807) is 6.07 Å². The summed E-state index contributed by atoms with van der Waals surface area (Å²) in [7, 11) is 0. The van der Waals surface area contributed by atoms with E-state index in [1.165, 1.54) is 0 Å². The zero-order valence-corrected chi connectivity index (χ0v) is 9.01. The molecule has 0 fully saturated rings. The fraction of sp³-hybridized carbons (Fsp3) is 0. The fourth-order valence-corrected chi connectivity index (χ4v) is 1.57. The molecule has 2 aromatic rings. The van der Waals surface area contributed by atoms with Crippen LogP contribution in [0.5, 0.6) is 0 Å². The molecule has 0 unspecified atom stereocenters. The Balaban J connectivity index is 2.19. The average molecular weight is 227 g/mol. The summed E-state index contributed by atoms with van der Waals surface area (Å²) < 4.78 is 0. The first-order valence-corrected chi connectivity index (χ1v) is 5.09. The molecule has 85 valence electrons. The predicted molar refractivity (Wildman–Crippen MR) is 66.1 cm³/mol. The Bertz CT molecular complexity index is 578. The maximum Gasteiger partial charge on any atom is 0.238 e. The van der Waals surface area contributed by atoms with E-state index in [9.17, 15) is 9.59 Å². The molecule has 0 saturated heterocycles. The van der Waals surface area contributed by atoms with Crippen LogP contribution in [0.2, 0.25) is 0 Å². The van der Waals surface area contributed by atoms with E-state index in [0.717, 1.165) is 17.2 Å². The van der Waals surface area contributed by atoms with Gasteiger partial charge in [0.05, 0.1) is 0 Å². The number of carbonyl (C=O) groups excluding carboxylic acids is 2. The molecule has 3 N–H and O–H groups in total. The molecule has 0 bridgehead atoms. The lowest BCUT2D eigenvalue weighted by atomic mass is 10.1. The second-order valence-electron chi connectivity index (χ2n) is 3.60. The Morgan fingerprint density at radius 3 is 2.47 bits per heavy atom. The maximum atomic E-state index is 11.3. The van der Waals surface area contributed by atoms with Crippen LogP contribution >= 0.6 is 0 Å². The van der Waals surface area contributed by atoms with Crippen molar-refractivity contribution in [3.8, 4) is 0 Å². The zero-order chi connectivity index (χ0) is 12.3. The number of primary amides is 1. The van der Waals surface area contributed by atoms with Crippen LogP contribution in [-0.2, 0) is 9.59 Å². The Morgan fingerprint density at radius 1 is 1.06 bits per heavy atom. The van der Waals surface area contributed by atoms with Crippen molar-refractivity contribution in [3.05, 3.63) is 48.9 Å². The summed E-state index contributed by atoms with van der Waals surface area (Å²) in [5.74, 6) is -1.28. The number of amides is 2. The molecule has 0 aliphatic rings. The van der Waals surface area contributed by atoms with Gasteiger partial charge in [-0.15, -0.1) is 0 Å². The van der Waals surface area contributed by atoms with Crippen molar-refractivity contribution in [1.29, 1.82) is 0 Å². The van der Waals surface area contributed by atoms with Gasteiger partial charge in [0.15, 0.2) is 0 Å². The van der Waals surface area contributed by atoms with Crippen molar-refractivity contribution in [3.63, 3.8) is 0 Å². The third kappa shape index (κ3) is 2.81. The van der Waals surface area contributed by atoms with Gasteiger partial charge in [0.1, 0.15) is 6.42 Å². The summed E-state index contributed by atoms with van der Waals surface area (Å²) >= 11 is 0. The Morgan fingerprint density at radius 2 is 1.76 bits per heavy atom. The molecular weight excluding hydrogens is 216 g/mol. The summed E-state index contributed by atoms with van der Waals surface area (Å²) in [5, 5.41) is 4.68. The smallest absolute Gasteiger partial charge is 0.238 e. The van der Waals surface area contributed by atoms with E-state index in [0.29, 0.717) is 5.69 Å². The standard InChI is InChI=1S/C13H11N2O2/c14-12(16)8-13(17)15-11-6-5-9-3-1-2-4-10(9)7-11/h1-8H,(H2,14,16)(H,15,17). The second-order valence-corrected chi connectivity index (χ2v) is 3.60. The predicted octanol–water partition coefficient (Wildman–Crippen LogP) is 1.47. The van der Waals surface area contributed by atoms with Crippen LogP contribution in [0.15, 0.2) is 42.5 Å². The highest BCUT2D eigenvalue weighted by Crippen LogP contribution is 2.18. The minimum atomic E-state index is -0.761. The quantitative estimate of drug-likeness (QED) is 0.779. The van der Waals surface area contributed by atoms with Crippen molar-refractivity contribution in [2.75, 3.05) is 5.32 Å². The highest BCUT2D eigenvalue weighted by Gasteiger charge is 2.06. The molecule has 0 spiro atoms. The number of rotatable bonds is 3. The summed E-state index contributed by atoms with van der Waals surface area (Å²) in [6.07, 6.45) is 0.815. The largest absolute Gasteiger partial charge is 0.369 e. The lowest BCUT2D eigenvalue weighted by Gasteiger charge is -2.05. The van der Waals surface area contributed by atoms with E-state index in [4.69, 9.17) is 5.73 Å². The molecule has 4 heteroatoms. The minimum Gasteiger partial charge on any atom is -0.369 e. The third-order valence-electron chi connectivity index (χ3n) is 2.29. The molecular formula is C13H11N2O2. The molecule has 1 radical (unpaired) electrons. The minimum absolute atomic E-state index is 0.521. The summed E-state index contributed by atoms with van der Waals surface area (Å²) in [5.41, 5.74) is 5.51. The molecule has 2 amide bonds. The molecule has 2 aromatic carbocycles. The van der Waals surface area contributed by atoms with Crippen LogP contribution in [0.1, 0.15) is 0 Å². The number of carbonyl (C=O) groups is 2. The molecule has 0 heterocycles. The third-order valence-corrected chi connectivity index (χ3v) is 2.29. The highest BCUT2D eigenvalue weighted by atomic mass is 16.2.